The molecule has 2 aromatic heterocycles. The summed E-state index contributed by atoms with van der Waals surface area (Å²) in [6, 6.07) is 4.40. The quantitative estimate of drug-likeness (QED) is 0.0709. The smallest absolute Gasteiger partial charge is 0.309 e. The minimum Gasteiger partial charge on any atom is -0.460 e. The van der Waals surface area contributed by atoms with E-state index in [1.807, 2.05) is 31.5 Å². The summed E-state index contributed by atoms with van der Waals surface area (Å²) in [5.41, 5.74) is 1.46. The molecule has 0 radical (unpaired) electrons. The number of anilines is 1. The first-order valence-corrected chi connectivity index (χ1v) is 23.2. The number of fused-ring (bicyclic) bond motifs is 1. The van der Waals surface area contributed by atoms with Crippen molar-refractivity contribution >= 4 is 56.2 Å². The van der Waals surface area contributed by atoms with E-state index in [9.17, 15) is 4.79 Å². The Morgan fingerprint density at radius 3 is 2.05 bits per heavy atom. The maximum Gasteiger partial charge on any atom is 0.309 e. The first-order chi connectivity index (χ1) is 18.5. The number of nitrogens with zero attached hydrogens (tertiary/aromatic N) is 4. The Hall–Kier alpha value is -1.03. The monoisotopic (exact) mass is 702 g/mol. The molecule has 40 heavy (non-hydrogen) atoms. The summed E-state index contributed by atoms with van der Waals surface area (Å²) in [4.78, 5) is 19.9. The van der Waals surface area contributed by atoms with Crippen molar-refractivity contribution < 1.29 is 19.0 Å². The van der Waals surface area contributed by atoms with Gasteiger partial charge in [-0.15, -0.1) is 0 Å². The van der Waals surface area contributed by atoms with E-state index in [0.717, 1.165) is 71.7 Å². The molecule has 11 heteroatoms. The van der Waals surface area contributed by atoms with Gasteiger partial charge in [0.1, 0.15) is 24.9 Å². The lowest BCUT2D eigenvalue weighted by Crippen LogP contribution is -2.33. The van der Waals surface area contributed by atoms with Gasteiger partial charge in [-0.05, 0) is 81.1 Å². The highest BCUT2D eigenvalue weighted by atomic mass is 127. The van der Waals surface area contributed by atoms with Gasteiger partial charge in [0.05, 0.1) is 15.7 Å². The highest BCUT2D eigenvalue weighted by Crippen LogP contribution is 2.37. The van der Waals surface area contributed by atoms with Crippen LogP contribution in [-0.2, 0) is 19.0 Å². The summed E-state index contributed by atoms with van der Waals surface area (Å²) >= 11 is 2.31. The van der Waals surface area contributed by atoms with E-state index >= 15 is 0 Å². The predicted octanol–water partition coefficient (Wildman–Crippen LogP) is 7.38. The standard InChI is InChI=1S/C29H51IN4O4Si2/c1-29(2,3)38-28(35)23-12-10-22(11-13-23)25-18-26(34-27(32-25)24(30)19-31-34)33(20-36-14-16-39(4,5)6)21-37-15-17-40(7,8)9/h18-19,22-23H,10-17,20-21H2,1-9H3/t22-,23-. The zero-order chi connectivity index (χ0) is 29.7. The second kappa shape index (κ2) is 14.0. The fourth-order valence-electron chi connectivity index (χ4n) is 4.66. The lowest BCUT2D eigenvalue weighted by Gasteiger charge is -2.30. The number of ether oxygens (including phenoxy) is 3. The maximum absolute atomic E-state index is 12.7. The van der Waals surface area contributed by atoms with E-state index < -0.39 is 21.7 Å². The lowest BCUT2D eigenvalue weighted by molar-refractivity contribution is -0.161. The topological polar surface area (TPSA) is 78.2 Å². The molecule has 0 aliphatic heterocycles. The van der Waals surface area contributed by atoms with E-state index in [-0.39, 0.29) is 17.8 Å². The van der Waals surface area contributed by atoms with E-state index in [0.29, 0.717) is 13.5 Å². The number of halogens is 1. The van der Waals surface area contributed by atoms with E-state index in [1.165, 1.54) is 0 Å². The van der Waals surface area contributed by atoms with Crippen LogP contribution >= 0.6 is 22.6 Å². The number of carbonyl (C=O) groups excluding carboxylic acids is 1. The minimum atomic E-state index is -1.19. The van der Waals surface area contributed by atoms with Gasteiger partial charge in [-0.2, -0.15) is 9.61 Å². The summed E-state index contributed by atoms with van der Waals surface area (Å²) < 4.78 is 21.0. The molecule has 0 amide bonds. The first-order valence-electron chi connectivity index (χ1n) is 14.7. The van der Waals surface area contributed by atoms with Gasteiger partial charge in [0.2, 0.25) is 0 Å². The molecule has 2 aromatic rings. The molecule has 1 saturated carbocycles. The van der Waals surface area contributed by atoms with Crippen LogP contribution in [0.25, 0.3) is 5.65 Å². The molecule has 0 aromatic carbocycles. The highest BCUT2D eigenvalue weighted by Gasteiger charge is 2.32. The van der Waals surface area contributed by atoms with Crippen LogP contribution in [0.3, 0.4) is 0 Å². The molecule has 0 N–H and O–H groups in total. The molecule has 1 aliphatic rings. The fourth-order valence-corrected chi connectivity index (χ4v) is 6.65. The molecule has 1 fully saturated rings. The van der Waals surface area contributed by atoms with Crippen LogP contribution in [0.15, 0.2) is 12.3 Å². The van der Waals surface area contributed by atoms with Crippen molar-refractivity contribution in [3.63, 3.8) is 0 Å². The summed E-state index contributed by atoms with van der Waals surface area (Å²) in [5, 5.41) is 4.68. The van der Waals surface area contributed by atoms with Crippen molar-refractivity contribution in [3.05, 3.63) is 21.5 Å². The first kappa shape index (κ1) is 33.5. The summed E-state index contributed by atoms with van der Waals surface area (Å²) in [6.45, 7) is 22.4. The summed E-state index contributed by atoms with van der Waals surface area (Å²) in [7, 11) is -2.38. The normalized spacial score (nSPS) is 18.8. The molecule has 0 bridgehead atoms. The van der Waals surface area contributed by atoms with E-state index in [1.54, 1.807) is 0 Å². The molecule has 3 rings (SSSR count). The van der Waals surface area contributed by atoms with Crippen LogP contribution in [0.5, 0.6) is 0 Å². The third-order valence-electron chi connectivity index (χ3n) is 7.13. The fraction of sp³-hybridized carbons (Fsp3) is 0.759. The van der Waals surface area contributed by atoms with Gasteiger partial charge in [0, 0.05) is 47.0 Å². The van der Waals surface area contributed by atoms with Crippen LogP contribution in [-0.4, -0.2) is 69.0 Å². The van der Waals surface area contributed by atoms with Crippen molar-refractivity contribution in [2.45, 2.75) is 109 Å². The lowest BCUT2D eigenvalue weighted by atomic mass is 9.80. The second-order valence-electron chi connectivity index (χ2n) is 14.6. The maximum atomic E-state index is 12.7. The highest BCUT2D eigenvalue weighted by molar-refractivity contribution is 14.1. The Bertz CT molecular complexity index is 1090. The summed E-state index contributed by atoms with van der Waals surface area (Å²) in [5.74, 6) is 1.12. The van der Waals surface area contributed by atoms with Gasteiger partial charge in [0.25, 0.3) is 0 Å². The molecule has 0 saturated heterocycles. The van der Waals surface area contributed by atoms with Gasteiger partial charge in [-0.3, -0.25) is 4.79 Å². The van der Waals surface area contributed by atoms with Crippen LogP contribution in [0.4, 0.5) is 5.82 Å². The zero-order valence-electron chi connectivity index (χ0n) is 26.2. The molecule has 226 valence electrons. The third kappa shape index (κ3) is 10.7. The van der Waals surface area contributed by atoms with Gasteiger partial charge >= 0.3 is 5.97 Å². The van der Waals surface area contributed by atoms with Crippen LogP contribution in [0.1, 0.15) is 58.1 Å². The van der Waals surface area contributed by atoms with E-state index in [4.69, 9.17) is 19.2 Å². The molecule has 0 spiro atoms. The molecule has 0 unspecified atom stereocenters. The SMILES string of the molecule is CC(C)(C)OC(=O)[C@H]1CC[C@H](c2cc(N(COCC[Si](C)(C)C)COCC[Si](C)(C)C)n3ncc(I)c3n2)CC1. The number of esters is 1. The number of hydrogen-bond acceptors (Lipinski definition) is 7. The Morgan fingerprint density at radius 1 is 1.00 bits per heavy atom. The predicted molar refractivity (Wildman–Crippen MR) is 177 cm³/mol. The van der Waals surface area contributed by atoms with Gasteiger partial charge < -0.3 is 19.1 Å². The average Bonchev–Trinajstić information content (AvgIpc) is 3.21. The van der Waals surface area contributed by atoms with E-state index in [2.05, 4.69) is 77.9 Å². The Morgan fingerprint density at radius 2 is 1.55 bits per heavy atom. The molecule has 8 nitrogen and oxygen atoms in total. The van der Waals surface area contributed by atoms with Crippen molar-refractivity contribution in [1.82, 2.24) is 14.6 Å². The molecular formula is C29H51IN4O4Si2. The van der Waals surface area contributed by atoms with Crippen LogP contribution < -0.4 is 4.90 Å². The minimum absolute atomic E-state index is 0.0372. The molecule has 0 atom stereocenters. The Balaban J connectivity index is 1.81. The Kier molecular flexibility index (Phi) is 11.7. The molecule has 2 heterocycles. The number of aromatic nitrogens is 3. The summed E-state index contributed by atoms with van der Waals surface area (Å²) in [6.07, 6.45) is 5.34. The number of carbonyl (C=O) groups is 1. The van der Waals surface area contributed by atoms with Crippen molar-refractivity contribution in [1.29, 1.82) is 0 Å². The van der Waals surface area contributed by atoms with Crippen molar-refractivity contribution in [2.75, 3.05) is 31.6 Å². The van der Waals surface area contributed by atoms with Gasteiger partial charge in [-0.25, -0.2) is 4.98 Å². The van der Waals surface area contributed by atoms with Crippen LogP contribution in [0, 0.1) is 9.49 Å². The zero-order valence-corrected chi connectivity index (χ0v) is 30.3. The second-order valence-corrected chi connectivity index (χ2v) is 27.0. The average molecular weight is 703 g/mol. The van der Waals surface area contributed by atoms with Crippen LogP contribution in [0.2, 0.25) is 51.4 Å². The largest absolute Gasteiger partial charge is 0.460 e. The van der Waals surface area contributed by atoms with Crippen molar-refractivity contribution in [2.24, 2.45) is 5.92 Å². The molecular weight excluding hydrogens is 651 g/mol. The molecule has 1 aliphatic carbocycles. The Labute approximate surface area is 257 Å². The van der Waals surface area contributed by atoms with Crippen molar-refractivity contribution in [3.8, 4) is 0 Å². The number of rotatable bonds is 13. The van der Waals surface area contributed by atoms with Gasteiger partial charge in [-0.1, -0.05) is 39.3 Å². The third-order valence-corrected chi connectivity index (χ3v) is 11.3. The number of hydrogen-bond donors (Lipinski definition) is 0. The van der Waals surface area contributed by atoms with Gasteiger partial charge in [0.15, 0.2) is 5.65 Å².